The first-order valence-corrected chi connectivity index (χ1v) is 10.6. The summed E-state index contributed by atoms with van der Waals surface area (Å²) in [6, 6.07) is 26.6. The SMILES string of the molecule is COc1[c-]ccc(CC2CCC(=O)N2Cc2cc(C)[c-]c(OCc3ccccc3)c2)c1.[CH3-].[CH3-].[U+2].[U+2]. The zero-order valence-electron chi connectivity index (χ0n) is 21.1. The summed E-state index contributed by atoms with van der Waals surface area (Å²) in [7, 11) is 1.65. The van der Waals surface area contributed by atoms with Crippen LogP contribution in [-0.4, -0.2) is 24.0 Å². The molecular formula is C29H33NO3U2. The van der Waals surface area contributed by atoms with Crippen molar-refractivity contribution in [1.82, 2.24) is 4.90 Å². The van der Waals surface area contributed by atoms with E-state index >= 15 is 0 Å². The summed E-state index contributed by atoms with van der Waals surface area (Å²) in [5, 5.41) is 0. The molecule has 0 saturated carbocycles. The van der Waals surface area contributed by atoms with Gasteiger partial charge in [0.25, 0.3) is 0 Å². The first-order valence-electron chi connectivity index (χ1n) is 10.6. The van der Waals surface area contributed by atoms with Gasteiger partial charge in [-0.2, -0.15) is 29.3 Å². The van der Waals surface area contributed by atoms with Crippen molar-refractivity contribution in [2.24, 2.45) is 0 Å². The topological polar surface area (TPSA) is 38.8 Å². The molecule has 0 radical (unpaired) electrons. The van der Waals surface area contributed by atoms with Gasteiger partial charge in [-0.3, -0.25) is 4.79 Å². The van der Waals surface area contributed by atoms with Gasteiger partial charge < -0.3 is 29.2 Å². The van der Waals surface area contributed by atoms with Gasteiger partial charge in [0.05, 0.1) is 7.11 Å². The number of hydrogen-bond acceptors (Lipinski definition) is 3. The van der Waals surface area contributed by atoms with Crippen LogP contribution in [0.4, 0.5) is 0 Å². The van der Waals surface area contributed by atoms with E-state index in [1.54, 1.807) is 7.11 Å². The molecule has 1 unspecified atom stereocenters. The standard InChI is InChI=1S/C27H27NO3.2CH3.2U/c1-20-13-23(17-26(14-20)31-19-21-7-4-3-5-8-21)18-28-24(11-12-27(28)29)15-22-9-6-10-25(16-22)30-2;;;;/h3-9,13,16-17,24H,11-12,15,18-19H2,1-2H3;2*1H3;;/q-2;2*-1;2*+2. The second kappa shape index (κ2) is 16.6. The molecule has 0 spiro atoms. The van der Waals surface area contributed by atoms with Crippen molar-refractivity contribution in [1.29, 1.82) is 0 Å². The fraction of sp³-hybridized carbons (Fsp3) is 0.276. The molecule has 180 valence electrons. The van der Waals surface area contributed by atoms with Crippen LogP contribution >= 0.6 is 0 Å². The summed E-state index contributed by atoms with van der Waals surface area (Å²) >= 11 is 0. The molecule has 0 aromatic heterocycles. The van der Waals surface area contributed by atoms with Gasteiger partial charge in [0.2, 0.25) is 5.91 Å². The zero-order valence-corrected chi connectivity index (χ0v) is 29.4. The fourth-order valence-electron chi connectivity index (χ4n) is 4.08. The Hall–Kier alpha value is -1.17. The van der Waals surface area contributed by atoms with Crippen molar-refractivity contribution in [2.45, 2.75) is 45.4 Å². The van der Waals surface area contributed by atoms with Crippen LogP contribution < -0.4 is 9.47 Å². The van der Waals surface area contributed by atoms with Gasteiger partial charge in [0.1, 0.15) is 6.61 Å². The Morgan fingerprint density at radius 1 is 0.971 bits per heavy atom. The predicted molar refractivity (Wildman–Crippen MR) is 133 cm³/mol. The average Bonchev–Trinajstić information content (AvgIpc) is 3.12. The molecule has 35 heavy (non-hydrogen) atoms. The van der Waals surface area contributed by atoms with Crippen molar-refractivity contribution in [3.63, 3.8) is 0 Å². The molecule has 3 aromatic rings. The summed E-state index contributed by atoms with van der Waals surface area (Å²) in [6.45, 7) is 3.09. The Balaban J connectivity index is 0.00000289. The van der Waals surface area contributed by atoms with Crippen molar-refractivity contribution in [3.05, 3.63) is 110 Å². The molecule has 4 rings (SSSR count). The van der Waals surface area contributed by atoms with Crippen molar-refractivity contribution in [2.75, 3.05) is 7.11 Å². The van der Waals surface area contributed by atoms with Crippen LogP contribution in [0.3, 0.4) is 0 Å². The maximum absolute atomic E-state index is 12.6. The molecule has 1 atom stereocenters. The second-order valence-corrected chi connectivity index (χ2v) is 7.99. The van der Waals surface area contributed by atoms with E-state index in [0.717, 1.165) is 40.8 Å². The molecule has 1 saturated heterocycles. The molecule has 1 fully saturated rings. The minimum Gasteiger partial charge on any atom is -0.523 e. The Labute approximate surface area is 258 Å². The van der Waals surface area contributed by atoms with Gasteiger partial charge in [0.15, 0.2) is 0 Å². The summed E-state index contributed by atoms with van der Waals surface area (Å²) in [4.78, 5) is 14.6. The molecule has 1 amide bonds. The number of carbonyl (C=O) groups is 1. The maximum Gasteiger partial charge on any atom is 2.00 e. The van der Waals surface area contributed by atoms with Crippen LogP contribution in [0.5, 0.6) is 11.5 Å². The monoisotopic (exact) mass is 919 g/mol. The number of likely N-dealkylation sites (tertiary alicyclic amines) is 1. The van der Waals surface area contributed by atoms with E-state index < -0.39 is 0 Å². The van der Waals surface area contributed by atoms with Crippen molar-refractivity contribution in [3.8, 4) is 11.5 Å². The van der Waals surface area contributed by atoms with Gasteiger partial charge in [-0.25, -0.2) is 0 Å². The first-order chi connectivity index (χ1) is 15.1. The largest absolute Gasteiger partial charge is 2.00 e. The molecule has 0 bridgehead atoms. The molecule has 1 aliphatic rings. The molecular weight excluding hydrogens is 886 g/mol. The van der Waals surface area contributed by atoms with E-state index in [0.29, 0.717) is 25.3 Å². The van der Waals surface area contributed by atoms with Crippen LogP contribution in [0.2, 0.25) is 0 Å². The minimum absolute atomic E-state index is 0. The van der Waals surface area contributed by atoms with E-state index in [2.05, 4.69) is 18.2 Å². The van der Waals surface area contributed by atoms with Crippen molar-refractivity contribution < 1.29 is 76.5 Å². The smallest absolute Gasteiger partial charge is 0.523 e. The van der Waals surface area contributed by atoms with E-state index in [1.807, 2.05) is 66.4 Å². The molecule has 3 aromatic carbocycles. The molecule has 0 N–H and O–H groups in total. The normalized spacial score (nSPS) is 14.1. The number of rotatable bonds is 8. The average molecular weight is 920 g/mol. The van der Waals surface area contributed by atoms with E-state index in [1.165, 1.54) is 0 Å². The predicted octanol–water partition coefficient (Wildman–Crippen LogP) is 5.82. The minimum atomic E-state index is 0. The molecule has 1 heterocycles. The quantitative estimate of drug-likeness (QED) is 0.268. The Bertz CT molecular complexity index is 1040. The zero-order chi connectivity index (χ0) is 21.6. The van der Waals surface area contributed by atoms with Gasteiger partial charge >= 0.3 is 62.2 Å². The number of hydrogen-bond donors (Lipinski definition) is 0. The van der Waals surface area contributed by atoms with Crippen molar-refractivity contribution >= 4 is 5.91 Å². The van der Waals surface area contributed by atoms with E-state index in [4.69, 9.17) is 9.47 Å². The number of benzene rings is 3. The first kappa shape index (κ1) is 33.8. The molecule has 0 aliphatic carbocycles. The summed E-state index contributed by atoms with van der Waals surface area (Å²) in [5.74, 6) is 1.64. The number of amides is 1. The summed E-state index contributed by atoms with van der Waals surface area (Å²) < 4.78 is 11.3. The summed E-state index contributed by atoms with van der Waals surface area (Å²) in [6.07, 6.45) is 2.28. The van der Waals surface area contributed by atoms with Gasteiger partial charge in [0, 0.05) is 30.5 Å². The third-order valence-corrected chi connectivity index (χ3v) is 5.61. The molecule has 1 aliphatic heterocycles. The van der Waals surface area contributed by atoms with Gasteiger partial charge in [-0.05, 0) is 18.4 Å². The van der Waals surface area contributed by atoms with Crippen LogP contribution in [0.1, 0.15) is 35.1 Å². The van der Waals surface area contributed by atoms with E-state index in [-0.39, 0.29) is 89.0 Å². The summed E-state index contributed by atoms with van der Waals surface area (Å²) in [5.41, 5.74) is 4.35. The number of ether oxygens (including phenoxy) is 2. The Morgan fingerprint density at radius 3 is 2.40 bits per heavy atom. The molecule has 6 heteroatoms. The van der Waals surface area contributed by atoms with Gasteiger partial charge in [-0.1, -0.05) is 37.3 Å². The van der Waals surface area contributed by atoms with Crippen LogP contribution in [-0.2, 0) is 24.4 Å². The Kier molecular flexibility index (Phi) is 16.0. The number of carbonyl (C=O) groups excluding carboxylic acids is 1. The van der Waals surface area contributed by atoms with Crippen LogP contribution in [0.25, 0.3) is 0 Å². The number of nitrogens with zero attached hydrogens (tertiary/aromatic N) is 1. The third-order valence-electron chi connectivity index (χ3n) is 5.61. The van der Waals surface area contributed by atoms with Gasteiger partial charge in [-0.15, -0.1) is 29.8 Å². The maximum atomic E-state index is 12.6. The second-order valence-electron chi connectivity index (χ2n) is 7.99. The fourth-order valence-corrected chi connectivity index (χ4v) is 4.08. The van der Waals surface area contributed by atoms with Crippen LogP contribution in [0, 0.1) is 96.1 Å². The number of methoxy groups -OCH3 is 1. The Morgan fingerprint density at radius 2 is 1.69 bits per heavy atom. The van der Waals surface area contributed by atoms with Crippen LogP contribution in [0.15, 0.2) is 60.7 Å². The third kappa shape index (κ3) is 9.66. The van der Waals surface area contributed by atoms with E-state index in [9.17, 15) is 4.79 Å². The molecule has 4 nitrogen and oxygen atoms in total. The number of aryl methyl sites for hydroxylation is 1.